The number of hydrogen-bond donors (Lipinski definition) is 2. The maximum Gasteiger partial charge on any atom is 0.123 e. The summed E-state index contributed by atoms with van der Waals surface area (Å²) in [6.07, 6.45) is 4.11. The van der Waals surface area contributed by atoms with Crippen molar-refractivity contribution in [3.8, 4) is 6.07 Å². The van der Waals surface area contributed by atoms with E-state index in [1.54, 1.807) is 0 Å². The Kier molecular flexibility index (Phi) is 4.74. The summed E-state index contributed by atoms with van der Waals surface area (Å²) in [5, 5.41) is 22.1. The molecule has 1 saturated carbocycles. The molecule has 0 spiro atoms. The van der Waals surface area contributed by atoms with E-state index in [1.165, 1.54) is 24.6 Å². The molecule has 1 aromatic carbocycles. The van der Waals surface area contributed by atoms with Crippen molar-refractivity contribution in [2.75, 3.05) is 6.61 Å². The third-order valence-corrected chi connectivity index (χ3v) is 4.24. The summed E-state index contributed by atoms with van der Waals surface area (Å²) in [4.78, 5) is 0. The minimum Gasteiger partial charge on any atom is -0.394 e. The molecule has 0 radical (unpaired) electrons. The predicted octanol–water partition coefficient (Wildman–Crippen LogP) is 2.73. The summed E-state index contributed by atoms with van der Waals surface area (Å²) in [5.74, 6) is 0.238. The lowest BCUT2D eigenvalue weighted by atomic mass is 9.76. The lowest BCUT2D eigenvalue weighted by Gasteiger charge is -2.39. The van der Waals surface area contributed by atoms with Gasteiger partial charge in [-0.15, -0.1) is 0 Å². The van der Waals surface area contributed by atoms with Crippen LogP contribution in [0.2, 0.25) is 0 Å². The number of aliphatic hydroxyl groups is 1. The first-order chi connectivity index (χ1) is 9.58. The molecular weight excluding hydrogens is 255 g/mol. The third-order valence-electron chi connectivity index (χ3n) is 4.24. The minimum atomic E-state index is -0.337. The molecule has 20 heavy (non-hydrogen) atoms. The van der Waals surface area contributed by atoms with Gasteiger partial charge in [-0.1, -0.05) is 19.8 Å². The summed E-state index contributed by atoms with van der Waals surface area (Å²) in [5.41, 5.74) is 0.839. The molecule has 0 aliphatic heterocycles. The largest absolute Gasteiger partial charge is 0.394 e. The van der Waals surface area contributed by atoms with Gasteiger partial charge in [0.25, 0.3) is 0 Å². The fraction of sp³-hybridized carbons (Fsp3) is 0.562. The van der Waals surface area contributed by atoms with E-state index in [1.807, 2.05) is 0 Å². The van der Waals surface area contributed by atoms with Gasteiger partial charge in [-0.25, -0.2) is 4.39 Å². The molecule has 1 aliphatic rings. The highest BCUT2D eigenvalue weighted by molar-refractivity contribution is 5.37. The van der Waals surface area contributed by atoms with E-state index in [-0.39, 0.29) is 18.0 Å². The van der Waals surface area contributed by atoms with Crippen LogP contribution in [0.3, 0.4) is 0 Å². The molecule has 2 atom stereocenters. The fourth-order valence-corrected chi connectivity index (χ4v) is 3.12. The van der Waals surface area contributed by atoms with Crippen LogP contribution < -0.4 is 5.32 Å². The van der Waals surface area contributed by atoms with E-state index in [0.717, 1.165) is 19.3 Å². The smallest absolute Gasteiger partial charge is 0.123 e. The van der Waals surface area contributed by atoms with Gasteiger partial charge in [0.05, 0.1) is 18.2 Å². The second-order valence-corrected chi connectivity index (χ2v) is 5.91. The van der Waals surface area contributed by atoms with E-state index in [4.69, 9.17) is 5.26 Å². The first-order valence-corrected chi connectivity index (χ1v) is 7.13. The van der Waals surface area contributed by atoms with E-state index in [2.05, 4.69) is 18.3 Å². The highest BCUT2D eigenvalue weighted by Crippen LogP contribution is 2.32. The zero-order chi connectivity index (χ0) is 14.6. The van der Waals surface area contributed by atoms with Gasteiger partial charge in [-0.05, 0) is 42.5 Å². The number of hydrogen-bond acceptors (Lipinski definition) is 3. The fourth-order valence-electron chi connectivity index (χ4n) is 3.12. The average Bonchev–Trinajstić information content (AvgIpc) is 2.45. The van der Waals surface area contributed by atoms with Gasteiger partial charge in [0.1, 0.15) is 5.82 Å². The van der Waals surface area contributed by atoms with Gasteiger partial charge >= 0.3 is 0 Å². The van der Waals surface area contributed by atoms with Gasteiger partial charge in [0.15, 0.2) is 0 Å². The molecule has 2 N–H and O–H groups in total. The minimum absolute atomic E-state index is 0.0779. The number of nitrogens with zero attached hydrogens (tertiary/aromatic N) is 1. The molecule has 3 nitrogen and oxygen atoms in total. The topological polar surface area (TPSA) is 56.0 Å². The Morgan fingerprint density at radius 1 is 1.55 bits per heavy atom. The summed E-state index contributed by atoms with van der Waals surface area (Å²) in [6, 6.07) is 6.27. The molecule has 0 bridgehead atoms. The normalized spacial score (nSPS) is 26.2. The summed E-state index contributed by atoms with van der Waals surface area (Å²) >= 11 is 0. The predicted molar refractivity (Wildman–Crippen MR) is 75.4 cm³/mol. The van der Waals surface area contributed by atoms with E-state index in [9.17, 15) is 9.50 Å². The van der Waals surface area contributed by atoms with Crippen LogP contribution in [-0.4, -0.2) is 17.3 Å². The van der Waals surface area contributed by atoms with Crippen LogP contribution >= 0.6 is 0 Å². The van der Waals surface area contributed by atoms with Crippen molar-refractivity contribution in [1.82, 2.24) is 5.32 Å². The molecule has 1 aliphatic carbocycles. The molecule has 0 saturated heterocycles. The van der Waals surface area contributed by atoms with Crippen LogP contribution in [-0.2, 0) is 6.54 Å². The van der Waals surface area contributed by atoms with Crippen molar-refractivity contribution in [2.45, 2.75) is 44.7 Å². The van der Waals surface area contributed by atoms with Crippen molar-refractivity contribution in [3.63, 3.8) is 0 Å². The van der Waals surface area contributed by atoms with Gasteiger partial charge in [-0.2, -0.15) is 5.26 Å². The van der Waals surface area contributed by atoms with E-state index >= 15 is 0 Å². The Bertz CT molecular complexity index is 512. The summed E-state index contributed by atoms with van der Waals surface area (Å²) < 4.78 is 13.3. The van der Waals surface area contributed by atoms with Crippen LogP contribution in [0.4, 0.5) is 4.39 Å². The Morgan fingerprint density at radius 2 is 2.35 bits per heavy atom. The summed E-state index contributed by atoms with van der Waals surface area (Å²) in [7, 11) is 0. The van der Waals surface area contributed by atoms with Crippen LogP contribution in [0.15, 0.2) is 18.2 Å². The average molecular weight is 276 g/mol. The Balaban J connectivity index is 2.10. The first-order valence-electron chi connectivity index (χ1n) is 7.13. The molecule has 2 unspecified atom stereocenters. The maximum absolute atomic E-state index is 13.3. The van der Waals surface area contributed by atoms with Crippen molar-refractivity contribution in [3.05, 3.63) is 35.1 Å². The standard InChI is InChI=1S/C16H21FN2O/c1-12-3-2-6-16(8-12,11-20)19-10-14-7-15(17)5-4-13(14)9-18/h4-5,7,12,19-20H,2-3,6,8,10-11H2,1H3. The number of nitrogens with one attached hydrogen (secondary N) is 1. The number of halogens is 1. The monoisotopic (exact) mass is 276 g/mol. The molecule has 2 rings (SSSR count). The quantitative estimate of drug-likeness (QED) is 0.889. The maximum atomic E-state index is 13.3. The number of aliphatic hydroxyl groups excluding tert-OH is 1. The molecule has 0 aromatic heterocycles. The lowest BCUT2D eigenvalue weighted by Crippen LogP contribution is -2.51. The highest BCUT2D eigenvalue weighted by atomic mass is 19.1. The number of benzene rings is 1. The van der Waals surface area contributed by atoms with Crippen LogP contribution in [0.5, 0.6) is 0 Å². The lowest BCUT2D eigenvalue weighted by molar-refractivity contribution is 0.0982. The SMILES string of the molecule is CC1CCCC(CO)(NCc2cc(F)ccc2C#N)C1. The van der Waals surface area contributed by atoms with Gasteiger partial charge in [-0.3, -0.25) is 0 Å². The molecule has 0 amide bonds. The van der Waals surface area contributed by atoms with Gasteiger partial charge in [0, 0.05) is 12.1 Å². The van der Waals surface area contributed by atoms with E-state index in [0.29, 0.717) is 23.6 Å². The molecule has 0 heterocycles. The van der Waals surface area contributed by atoms with Crippen molar-refractivity contribution < 1.29 is 9.50 Å². The third kappa shape index (κ3) is 3.36. The number of rotatable bonds is 4. The first kappa shape index (κ1) is 15.0. The molecule has 1 aromatic rings. The van der Waals surface area contributed by atoms with Crippen molar-refractivity contribution in [2.24, 2.45) is 5.92 Å². The molecule has 1 fully saturated rings. The van der Waals surface area contributed by atoms with Crippen LogP contribution in [0.1, 0.15) is 43.7 Å². The second-order valence-electron chi connectivity index (χ2n) is 5.91. The number of nitriles is 1. The van der Waals surface area contributed by atoms with Gasteiger partial charge in [0.2, 0.25) is 0 Å². The Morgan fingerprint density at radius 3 is 3.00 bits per heavy atom. The van der Waals surface area contributed by atoms with Crippen molar-refractivity contribution in [1.29, 1.82) is 5.26 Å². The van der Waals surface area contributed by atoms with Crippen LogP contribution in [0, 0.1) is 23.1 Å². The second kappa shape index (κ2) is 6.34. The Labute approximate surface area is 119 Å². The molecule has 4 heteroatoms. The zero-order valence-electron chi connectivity index (χ0n) is 11.8. The van der Waals surface area contributed by atoms with E-state index < -0.39 is 0 Å². The van der Waals surface area contributed by atoms with Crippen LogP contribution in [0.25, 0.3) is 0 Å². The Hall–Kier alpha value is -1.44. The molecular formula is C16H21FN2O. The molecule has 108 valence electrons. The zero-order valence-corrected chi connectivity index (χ0v) is 11.8. The van der Waals surface area contributed by atoms with Gasteiger partial charge < -0.3 is 10.4 Å². The highest BCUT2D eigenvalue weighted by Gasteiger charge is 2.33. The summed E-state index contributed by atoms with van der Waals surface area (Å²) in [6.45, 7) is 2.68. The van der Waals surface area contributed by atoms with Crippen molar-refractivity contribution >= 4 is 0 Å².